The minimum atomic E-state index is -4.31. The lowest BCUT2D eigenvalue weighted by Crippen LogP contribution is -2.64. The van der Waals surface area contributed by atoms with Crippen LogP contribution in [0.3, 0.4) is 0 Å². The van der Waals surface area contributed by atoms with Crippen LogP contribution in [0.25, 0.3) is 11.1 Å². The first-order chi connectivity index (χ1) is 20.7. The number of nitrogens with zero attached hydrogens (tertiary/aromatic N) is 1. The van der Waals surface area contributed by atoms with Crippen molar-refractivity contribution in [3.8, 4) is 11.1 Å². The second-order valence-electron chi connectivity index (χ2n) is 11.7. The molecule has 2 aliphatic heterocycles. The Morgan fingerprint density at radius 1 is 1.11 bits per heavy atom. The van der Waals surface area contributed by atoms with Crippen LogP contribution in [0.15, 0.2) is 59.8 Å². The second-order valence-corrected chi connectivity index (χ2v) is 13.7. The van der Waals surface area contributed by atoms with Crippen LogP contribution in [-0.4, -0.2) is 73.0 Å². The zero-order valence-corrected chi connectivity index (χ0v) is 25.0. The zero-order chi connectivity index (χ0) is 32.0. The normalized spacial score (nSPS) is 24.7. The highest BCUT2D eigenvalue weighted by atomic mass is 32.2. The van der Waals surface area contributed by atoms with Gasteiger partial charge in [-0.05, 0) is 36.5 Å². The maximum absolute atomic E-state index is 15.1. The minimum absolute atomic E-state index is 0.0404. The standard InChI is InChI=1S/C31H34F3N3O6S/c1-3-20-16-30(33,34)17-25(28(39)36-19(15-26(32)44(2,42)43)14-18-12-13-35-27(18)38)37(20)29(40)31(41)23-10-6-4-8-21(23)22-9-5-7-11-24(22)31/h4-11,15,18-20,25,41H,3,12-14,16-17H2,1-2H3,(H,35,38)(H,36,39)/b26-15+/t18-,19-,20-,25-/m0/s1. The van der Waals surface area contributed by atoms with Crippen molar-refractivity contribution in [1.82, 2.24) is 15.5 Å². The van der Waals surface area contributed by atoms with Gasteiger partial charge in [0.1, 0.15) is 6.04 Å². The third kappa shape index (κ3) is 5.74. The van der Waals surface area contributed by atoms with E-state index in [1.165, 1.54) is 0 Å². The van der Waals surface area contributed by atoms with Crippen LogP contribution < -0.4 is 10.6 Å². The van der Waals surface area contributed by atoms with E-state index in [0.29, 0.717) is 36.4 Å². The van der Waals surface area contributed by atoms with Crippen molar-refractivity contribution in [3.05, 3.63) is 70.9 Å². The van der Waals surface area contributed by atoms with Crippen molar-refractivity contribution < 1.29 is 41.1 Å². The number of hydrogen-bond acceptors (Lipinski definition) is 6. The van der Waals surface area contributed by atoms with E-state index >= 15 is 8.78 Å². The minimum Gasteiger partial charge on any atom is -0.372 e. The number of carbonyl (C=O) groups is 3. The lowest BCUT2D eigenvalue weighted by molar-refractivity contribution is -0.171. The van der Waals surface area contributed by atoms with Crippen LogP contribution in [0.2, 0.25) is 0 Å². The van der Waals surface area contributed by atoms with Crippen LogP contribution in [0.1, 0.15) is 50.2 Å². The Balaban J connectivity index is 1.54. The molecule has 0 radical (unpaired) electrons. The molecule has 2 aromatic rings. The third-order valence-electron chi connectivity index (χ3n) is 8.71. The second kappa shape index (κ2) is 11.7. The van der Waals surface area contributed by atoms with Gasteiger partial charge in [-0.15, -0.1) is 0 Å². The lowest BCUT2D eigenvalue weighted by atomic mass is 9.84. The summed E-state index contributed by atoms with van der Waals surface area (Å²) in [6.45, 7) is 1.92. The number of hydrogen-bond donors (Lipinski definition) is 3. The number of fused-ring (bicyclic) bond motifs is 3. The molecule has 5 rings (SSSR count). The number of aliphatic hydroxyl groups is 1. The van der Waals surface area contributed by atoms with Crippen molar-refractivity contribution in [1.29, 1.82) is 0 Å². The topological polar surface area (TPSA) is 133 Å². The van der Waals surface area contributed by atoms with E-state index in [4.69, 9.17) is 0 Å². The average Bonchev–Trinajstić information content (AvgIpc) is 3.49. The highest BCUT2D eigenvalue weighted by Gasteiger charge is 2.57. The summed E-state index contributed by atoms with van der Waals surface area (Å²) in [4.78, 5) is 41.6. The van der Waals surface area contributed by atoms with Crippen molar-refractivity contribution in [2.45, 2.75) is 68.7 Å². The van der Waals surface area contributed by atoms with Crippen LogP contribution in [0, 0.1) is 5.92 Å². The first kappa shape index (κ1) is 31.7. The third-order valence-corrected chi connectivity index (χ3v) is 9.56. The van der Waals surface area contributed by atoms with Crippen LogP contribution in [0.4, 0.5) is 13.2 Å². The van der Waals surface area contributed by atoms with Crippen molar-refractivity contribution in [3.63, 3.8) is 0 Å². The first-order valence-electron chi connectivity index (χ1n) is 14.4. The zero-order valence-electron chi connectivity index (χ0n) is 24.2. The number of alkyl halides is 2. The van der Waals surface area contributed by atoms with Gasteiger partial charge in [0.15, 0.2) is 5.60 Å². The van der Waals surface area contributed by atoms with Gasteiger partial charge in [0, 0.05) is 48.7 Å². The van der Waals surface area contributed by atoms with Gasteiger partial charge >= 0.3 is 0 Å². The Morgan fingerprint density at radius 3 is 2.23 bits per heavy atom. The molecule has 0 bridgehead atoms. The molecule has 4 atom stereocenters. The summed E-state index contributed by atoms with van der Waals surface area (Å²) in [7, 11) is -4.31. The molecular formula is C31H34F3N3O6S. The SMILES string of the molecule is CC[C@H]1CC(F)(F)C[C@@H](C(=O)N[C@H](/C=C(\F)S(C)(=O)=O)C[C@@H]2CCNC2=O)N1C(=O)C1(O)c2ccccc2-c2ccccc21. The van der Waals surface area contributed by atoms with Gasteiger partial charge in [-0.1, -0.05) is 55.5 Å². The molecule has 3 amide bonds. The number of sulfone groups is 1. The molecule has 0 spiro atoms. The van der Waals surface area contributed by atoms with Crippen molar-refractivity contribution in [2.75, 3.05) is 12.8 Å². The van der Waals surface area contributed by atoms with Gasteiger partial charge in [0.2, 0.25) is 26.8 Å². The van der Waals surface area contributed by atoms with E-state index in [1.807, 2.05) is 0 Å². The monoisotopic (exact) mass is 633 g/mol. The number of amides is 3. The molecule has 0 unspecified atom stereocenters. The molecule has 3 N–H and O–H groups in total. The largest absolute Gasteiger partial charge is 0.372 e. The molecule has 0 aromatic heterocycles. The smallest absolute Gasteiger partial charge is 0.264 e. The highest BCUT2D eigenvalue weighted by Crippen LogP contribution is 2.50. The summed E-state index contributed by atoms with van der Waals surface area (Å²) < 4.78 is 68.5. The molecule has 13 heteroatoms. The first-order valence-corrected chi connectivity index (χ1v) is 16.3. The number of likely N-dealkylation sites (tertiary alicyclic amines) is 1. The highest BCUT2D eigenvalue weighted by molar-refractivity contribution is 7.94. The predicted octanol–water partition coefficient (Wildman–Crippen LogP) is 3.17. The molecule has 2 saturated heterocycles. The number of nitrogens with one attached hydrogen (secondary N) is 2. The Labute approximate surface area is 253 Å². The molecule has 2 fully saturated rings. The number of carbonyl (C=O) groups excluding carboxylic acids is 3. The van der Waals surface area contributed by atoms with Gasteiger partial charge in [-0.25, -0.2) is 17.2 Å². The summed E-state index contributed by atoms with van der Waals surface area (Å²) in [5, 5.41) is 15.7. The van der Waals surface area contributed by atoms with Gasteiger partial charge in [0.05, 0.1) is 6.04 Å². The number of benzene rings is 2. The van der Waals surface area contributed by atoms with Gasteiger partial charge in [-0.2, -0.15) is 4.39 Å². The van der Waals surface area contributed by atoms with Gasteiger partial charge in [0.25, 0.3) is 11.8 Å². The van der Waals surface area contributed by atoms with E-state index in [9.17, 15) is 32.3 Å². The summed E-state index contributed by atoms with van der Waals surface area (Å²) in [6, 6.07) is 9.07. The summed E-state index contributed by atoms with van der Waals surface area (Å²) in [5.74, 6) is -6.46. The molecule has 3 aliphatic rings. The fraction of sp³-hybridized carbons (Fsp3) is 0.452. The van der Waals surface area contributed by atoms with E-state index in [0.717, 1.165) is 4.90 Å². The summed E-state index contributed by atoms with van der Waals surface area (Å²) in [6.07, 6.45) is -0.359. The summed E-state index contributed by atoms with van der Waals surface area (Å²) in [5.41, 5.74) is -0.602. The van der Waals surface area contributed by atoms with E-state index in [2.05, 4.69) is 10.6 Å². The van der Waals surface area contributed by atoms with Crippen LogP contribution in [0.5, 0.6) is 0 Å². The quantitative estimate of drug-likeness (QED) is 0.409. The molecule has 2 aromatic carbocycles. The van der Waals surface area contributed by atoms with Gasteiger partial charge in [-0.3, -0.25) is 14.4 Å². The van der Waals surface area contributed by atoms with E-state index in [1.54, 1.807) is 55.5 Å². The van der Waals surface area contributed by atoms with E-state index in [-0.39, 0.29) is 29.9 Å². The Kier molecular flexibility index (Phi) is 8.40. The summed E-state index contributed by atoms with van der Waals surface area (Å²) >= 11 is 0. The Morgan fingerprint density at radius 2 is 1.70 bits per heavy atom. The van der Waals surface area contributed by atoms with Crippen molar-refractivity contribution >= 4 is 27.6 Å². The number of halogens is 3. The van der Waals surface area contributed by atoms with Crippen LogP contribution >= 0.6 is 0 Å². The molecule has 2 heterocycles. The predicted molar refractivity (Wildman–Crippen MR) is 155 cm³/mol. The number of rotatable bonds is 8. The molecular weight excluding hydrogens is 599 g/mol. The fourth-order valence-electron chi connectivity index (χ4n) is 6.56. The molecule has 236 valence electrons. The molecule has 0 saturated carbocycles. The van der Waals surface area contributed by atoms with Crippen molar-refractivity contribution in [2.24, 2.45) is 5.92 Å². The lowest BCUT2D eigenvalue weighted by Gasteiger charge is -2.46. The number of piperidine rings is 1. The maximum Gasteiger partial charge on any atom is 0.264 e. The molecule has 1 aliphatic carbocycles. The molecule has 44 heavy (non-hydrogen) atoms. The maximum atomic E-state index is 15.1. The van der Waals surface area contributed by atoms with Gasteiger partial charge < -0.3 is 20.6 Å². The molecule has 9 nitrogen and oxygen atoms in total. The van der Waals surface area contributed by atoms with Crippen LogP contribution in [-0.2, 0) is 29.8 Å². The Hall–Kier alpha value is -3.71. The fourth-order valence-corrected chi connectivity index (χ4v) is 6.98. The average molecular weight is 634 g/mol. The van der Waals surface area contributed by atoms with E-state index < -0.39 is 75.2 Å². The Bertz CT molecular complexity index is 1580.